The molecule has 0 spiro atoms. The average Bonchev–Trinajstić information content (AvgIpc) is 2.16. The van der Waals surface area contributed by atoms with E-state index in [1.807, 2.05) is 30.3 Å². The second-order valence-corrected chi connectivity index (χ2v) is 2.33. The number of ether oxygens (including phenoxy) is 1. The van der Waals surface area contributed by atoms with Crippen LogP contribution in [0.1, 0.15) is 6.99 Å². The molecule has 1 N–H and O–H groups in total. The van der Waals surface area contributed by atoms with Gasteiger partial charge in [0.25, 0.3) is 0 Å². The highest BCUT2D eigenvalue weighted by molar-refractivity contribution is 5.66. The fourth-order valence-corrected chi connectivity index (χ4v) is 0.842. The first-order chi connectivity index (χ1) is 5.83. The summed E-state index contributed by atoms with van der Waals surface area (Å²) in [5.41, 5.74) is 1.06. The summed E-state index contributed by atoms with van der Waals surface area (Å²) >= 11 is 0. The molecule has 0 saturated heterocycles. The van der Waals surface area contributed by atoms with Crippen LogP contribution in [0.4, 0.5) is 4.79 Å². The molecule has 1 aromatic carbocycles. The van der Waals surface area contributed by atoms with E-state index in [1.165, 1.54) is 7.11 Å². The van der Waals surface area contributed by atoms with Crippen molar-refractivity contribution >= 4 is 6.09 Å². The first-order valence-electron chi connectivity index (χ1n) is 3.68. The Kier molecular flexibility index (Phi) is 3.14. The lowest BCUT2D eigenvalue weighted by atomic mass is 10.2. The maximum atomic E-state index is 10.7. The average molecular weight is 167 g/mol. The molecule has 1 aromatic rings. The van der Waals surface area contributed by atoms with Crippen molar-refractivity contribution in [3.8, 4) is 0 Å². The number of hydrogen-bond acceptors (Lipinski definition) is 2. The third kappa shape index (κ3) is 2.62. The second-order valence-electron chi connectivity index (χ2n) is 2.33. The molecule has 0 saturated carbocycles. The molecule has 0 aliphatic rings. The zero-order chi connectivity index (χ0) is 8.81. The lowest BCUT2D eigenvalue weighted by Crippen LogP contribution is -2.22. The van der Waals surface area contributed by atoms with Crippen LogP contribution in [0.2, 0.25) is 0 Å². The van der Waals surface area contributed by atoms with Gasteiger partial charge in [-0.15, -0.1) is 0 Å². The summed E-state index contributed by atoms with van der Waals surface area (Å²) in [6.45, 7) is 0.507. The van der Waals surface area contributed by atoms with Gasteiger partial charge in [0.2, 0.25) is 0 Å². The predicted octanol–water partition coefficient (Wildman–Crippen LogP) is 1.79. The molecule has 0 bridgehead atoms. The van der Waals surface area contributed by atoms with E-state index in [2.05, 4.69) is 10.1 Å². The van der Waals surface area contributed by atoms with Crippen LogP contribution in [-0.2, 0) is 11.3 Å². The van der Waals surface area contributed by atoms with E-state index in [1.54, 1.807) is 0 Å². The minimum atomic E-state index is -0.404. The summed E-state index contributed by atoms with van der Waals surface area (Å²) in [7, 11) is 1.35. The first-order valence-corrected chi connectivity index (χ1v) is 3.68. The number of carbonyl (C=O) groups excluding carboxylic acids is 1. The zero-order valence-electron chi connectivity index (χ0n) is 6.91. The zero-order valence-corrected chi connectivity index (χ0v) is 6.91. The van der Waals surface area contributed by atoms with Crippen molar-refractivity contribution in [3.63, 3.8) is 0 Å². The van der Waals surface area contributed by atoms with E-state index in [0.717, 1.165) is 5.56 Å². The lowest BCUT2D eigenvalue weighted by molar-refractivity contribution is 0.170. The van der Waals surface area contributed by atoms with Crippen LogP contribution in [0.3, 0.4) is 0 Å². The van der Waals surface area contributed by atoms with Crippen molar-refractivity contribution < 1.29 is 11.0 Å². The van der Waals surface area contributed by atoms with Crippen LogP contribution in [-0.4, -0.2) is 13.2 Å². The van der Waals surface area contributed by atoms with Crippen molar-refractivity contribution in [2.24, 2.45) is 0 Å². The Hall–Kier alpha value is -1.51. The number of rotatable bonds is 2. The Labute approximate surface area is 72.8 Å². The van der Waals surface area contributed by atoms with Gasteiger partial charge in [0.15, 0.2) is 0 Å². The van der Waals surface area contributed by atoms with Gasteiger partial charge in [-0.05, 0) is 5.56 Å². The topological polar surface area (TPSA) is 38.3 Å². The standard InChI is InChI=1S/C9H11NO2.H2/c1-12-9(11)10-7-8-5-3-2-4-6-8;/h2-6H,7H2,1H3,(H,10,11);1H. The summed E-state index contributed by atoms with van der Waals surface area (Å²) in [6.07, 6.45) is -0.404. The molecule has 0 atom stereocenters. The third-order valence-electron chi connectivity index (χ3n) is 1.47. The number of benzene rings is 1. The van der Waals surface area contributed by atoms with E-state index < -0.39 is 6.09 Å². The maximum Gasteiger partial charge on any atom is 0.407 e. The summed E-state index contributed by atoms with van der Waals surface area (Å²) < 4.78 is 4.42. The molecule has 0 aliphatic heterocycles. The normalized spacial score (nSPS) is 9.08. The van der Waals surface area contributed by atoms with Gasteiger partial charge in [0.1, 0.15) is 0 Å². The van der Waals surface area contributed by atoms with E-state index in [-0.39, 0.29) is 1.43 Å². The van der Waals surface area contributed by atoms with Gasteiger partial charge in [-0.2, -0.15) is 0 Å². The van der Waals surface area contributed by atoms with Gasteiger partial charge in [0, 0.05) is 7.97 Å². The minimum Gasteiger partial charge on any atom is -0.453 e. The molecule has 0 aromatic heterocycles. The Balaban J connectivity index is 0.00000144. The molecule has 12 heavy (non-hydrogen) atoms. The number of hydrogen-bond donors (Lipinski definition) is 1. The number of methoxy groups -OCH3 is 1. The Morgan fingerprint density at radius 2 is 2.17 bits per heavy atom. The molecule has 0 heterocycles. The van der Waals surface area contributed by atoms with E-state index in [0.29, 0.717) is 6.54 Å². The highest BCUT2D eigenvalue weighted by atomic mass is 16.5. The van der Waals surface area contributed by atoms with Crippen molar-refractivity contribution in [1.82, 2.24) is 5.32 Å². The number of amides is 1. The van der Waals surface area contributed by atoms with E-state index in [4.69, 9.17) is 0 Å². The fourth-order valence-electron chi connectivity index (χ4n) is 0.842. The van der Waals surface area contributed by atoms with Crippen LogP contribution in [0.5, 0.6) is 0 Å². The molecule has 0 fully saturated rings. The van der Waals surface area contributed by atoms with Crippen molar-refractivity contribution in [2.75, 3.05) is 7.11 Å². The molecule has 0 aliphatic carbocycles. The molecular formula is C9H13NO2. The van der Waals surface area contributed by atoms with Gasteiger partial charge in [-0.3, -0.25) is 0 Å². The van der Waals surface area contributed by atoms with Crippen LogP contribution in [0.15, 0.2) is 30.3 Å². The van der Waals surface area contributed by atoms with Crippen LogP contribution in [0.25, 0.3) is 0 Å². The highest BCUT2D eigenvalue weighted by Crippen LogP contribution is 1.96. The molecule has 0 unspecified atom stereocenters. The maximum absolute atomic E-state index is 10.7. The predicted molar refractivity (Wildman–Crippen MR) is 47.8 cm³/mol. The summed E-state index contributed by atoms with van der Waals surface area (Å²) in [4.78, 5) is 10.7. The highest BCUT2D eigenvalue weighted by Gasteiger charge is 1.96. The summed E-state index contributed by atoms with van der Waals surface area (Å²) in [5, 5.41) is 2.59. The Morgan fingerprint density at radius 1 is 1.50 bits per heavy atom. The second kappa shape index (κ2) is 4.38. The molecule has 1 rings (SSSR count). The minimum absolute atomic E-state index is 0. The smallest absolute Gasteiger partial charge is 0.407 e. The number of carbonyl (C=O) groups is 1. The van der Waals surface area contributed by atoms with Crippen molar-refractivity contribution in [1.29, 1.82) is 0 Å². The van der Waals surface area contributed by atoms with Gasteiger partial charge in [-0.25, -0.2) is 4.79 Å². The third-order valence-corrected chi connectivity index (χ3v) is 1.47. The molecule has 66 valence electrons. The van der Waals surface area contributed by atoms with Gasteiger partial charge in [0.05, 0.1) is 7.11 Å². The van der Waals surface area contributed by atoms with Crippen LogP contribution in [0, 0.1) is 0 Å². The van der Waals surface area contributed by atoms with Crippen LogP contribution < -0.4 is 5.32 Å². The largest absolute Gasteiger partial charge is 0.453 e. The molecule has 0 radical (unpaired) electrons. The van der Waals surface area contributed by atoms with Crippen molar-refractivity contribution in [3.05, 3.63) is 35.9 Å². The SMILES string of the molecule is COC(=O)NCc1ccccc1.[HH]. The summed E-state index contributed by atoms with van der Waals surface area (Å²) in [5.74, 6) is 0. The Bertz CT molecular complexity index is 251. The Morgan fingerprint density at radius 3 is 2.75 bits per heavy atom. The fraction of sp³-hybridized carbons (Fsp3) is 0.222. The van der Waals surface area contributed by atoms with E-state index >= 15 is 0 Å². The quantitative estimate of drug-likeness (QED) is 0.729. The van der Waals surface area contributed by atoms with Crippen molar-refractivity contribution in [2.45, 2.75) is 6.54 Å². The van der Waals surface area contributed by atoms with Gasteiger partial charge in [-0.1, -0.05) is 30.3 Å². The molecule has 3 heteroatoms. The first kappa shape index (κ1) is 8.59. The van der Waals surface area contributed by atoms with Gasteiger partial charge >= 0.3 is 6.09 Å². The van der Waals surface area contributed by atoms with E-state index in [9.17, 15) is 4.79 Å². The molecule has 1 amide bonds. The number of nitrogens with one attached hydrogen (secondary N) is 1. The van der Waals surface area contributed by atoms with Crippen LogP contribution >= 0.6 is 0 Å². The monoisotopic (exact) mass is 167 g/mol. The molecule has 3 nitrogen and oxygen atoms in total. The van der Waals surface area contributed by atoms with Gasteiger partial charge < -0.3 is 10.1 Å². The molecular weight excluding hydrogens is 154 g/mol. The lowest BCUT2D eigenvalue weighted by Gasteiger charge is -2.02. The summed E-state index contributed by atoms with van der Waals surface area (Å²) in [6, 6.07) is 9.66. The number of alkyl carbamates (subject to hydrolysis) is 1.